The van der Waals surface area contributed by atoms with Gasteiger partial charge >= 0.3 is 0 Å². The Balaban J connectivity index is 2.95. The van der Waals surface area contributed by atoms with Crippen molar-refractivity contribution in [3.05, 3.63) is 6.42 Å². The van der Waals surface area contributed by atoms with E-state index in [1.807, 2.05) is 0 Å². The molecule has 0 saturated heterocycles. The Kier molecular flexibility index (Phi) is 6.06. The van der Waals surface area contributed by atoms with Crippen LogP contribution in [0.3, 0.4) is 0 Å². The summed E-state index contributed by atoms with van der Waals surface area (Å²) in [6, 6.07) is 0.593. The number of rotatable bonds is 5. The molecule has 0 heterocycles. The molecular formula is C8H18N. The van der Waals surface area contributed by atoms with Gasteiger partial charge in [0, 0.05) is 6.04 Å². The molecule has 0 fully saturated rings. The molecule has 1 nitrogen and oxygen atoms in total. The zero-order valence-corrected chi connectivity index (χ0v) is 6.78. The van der Waals surface area contributed by atoms with E-state index in [1.165, 1.54) is 6.42 Å². The Hall–Kier alpha value is -0.0400. The summed E-state index contributed by atoms with van der Waals surface area (Å²) in [6.45, 7) is 7.69. The van der Waals surface area contributed by atoms with Crippen LogP contribution in [0.2, 0.25) is 0 Å². The summed E-state index contributed by atoms with van der Waals surface area (Å²) >= 11 is 0. The summed E-state index contributed by atoms with van der Waals surface area (Å²) in [7, 11) is 0. The van der Waals surface area contributed by atoms with Gasteiger partial charge in [-0.2, -0.15) is 0 Å². The number of nitrogens with one attached hydrogen (secondary N) is 1. The molecule has 1 unspecified atom stereocenters. The molecule has 9 heavy (non-hydrogen) atoms. The molecule has 0 bridgehead atoms. The van der Waals surface area contributed by atoms with Gasteiger partial charge in [0.2, 0.25) is 0 Å². The van der Waals surface area contributed by atoms with Gasteiger partial charge in [0.05, 0.1) is 0 Å². The predicted molar refractivity (Wildman–Crippen MR) is 42.3 cm³/mol. The molecule has 0 aromatic carbocycles. The molecule has 1 atom stereocenters. The van der Waals surface area contributed by atoms with E-state index in [0.717, 1.165) is 13.0 Å². The zero-order valence-electron chi connectivity index (χ0n) is 6.78. The van der Waals surface area contributed by atoms with Crippen LogP contribution in [0, 0.1) is 6.42 Å². The van der Waals surface area contributed by atoms with Crippen LogP contribution in [0.25, 0.3) is 0 Å². The lowest BCUT2D eigenvalue weighted by molar-refractivity contribution is 0.585. The maximum atomic E-state index is 3.38. The van der Waals surface area contributed by atoms with Crippen LogP contribution >= 0.6 is 0 Å². The van der Waals surface area contributed by atoms with Crippen molar-refractivity contribution in [3.63, 3.8) is 0 Å². The maximum absolute atomic E-state index is 3.38. The summed E-state index contributed by atoms with van der Waals surface area (Å²) in [4.78, 5) is 0. The van der Waals surface area contributed by atoms with Gasteiger partial charge in [0.1, 0.15) is 0 Å². The molecule has 0 aliphatic carbocycles. The second-order valence-electron chi connectivity index (χ2n) is 2.39. The van der Waals surface area contributed by atoms with E-state index in [0.29, 0.717) is 6.04 Å². The van der Waals surface area contributed by atoms with Crippen LogP contribution in [0.4, 0.5) is 0 Å². The fraction of sp³-hybridized carbons (Fsp3) is 0.875. The van der Waals surface area contributed by atoms with Crippen molar-refractivity contribution in [2.24, 2.45) is 0 Å². The van der Waals surface area contributed by atoms with Crippen LogP contribution in [-0.4, -0.2) is 12.6 Å². The molecule has 0 saturated carbocycles. The minimum atomic E-state index is 0.593. The first-order valence-electron chi connectivity index (χ1n) is 3.88. The third-order valence-electron chi connectivity index (χ3n) is 1.31. The Morgan fingerprint density at radius 1 is 1.44 bits per heavy atom. The fourth-order valence-electron chi connectivity index (χ4n) is 0.809. The standard InChI is InChI=1S/C8H18N/c1-4-6-8(3)9-7-5-2/h6,8-9H,4-5,7H2,1-3H3. The molecule has 0 aromatic heterocycles. The van der Waals surface area contributed by atoms with Crippen molar-refractivity contribution in [2.75, 3.05) is 6.54 Å². The van der Waals surface area contributed by atoms with Crippen LogP contribution in [0.5, 0.6) is 0 Å². The second kappa shape index (κ2) is 6.09. The summed E-state index contributed by atoms with van der Waals surface area (Å²) < 4.78 is 0. The highest BCUT2D eigenvalue weighted by molar-refractivity contribution is 4.76. The summed E-state index contributed by atoms with van der Waals surface area (Å²) in [5.74, 6) is 0. The number of hydrogen-bond acceptors (Lipinski definition) is 1. The molecule has 1 radical (unpaired) electrons. The van der Waals surface area contributed by atoms with Gasteiger partial charge in [0.15, 0.2) is 0 Å². The number of hydrogen-bond donors (Lipinski definition) is 1. The van der Waals surface area contributed by atoms with Gasteiger partial charge in [0.25, 0.3) is 0 Å². The lowest BCUT2D eigenvalue weighted by Crippen LogP contribution is -2.26. The van der Waals surface area contributed by atoms with E-state index in [1.54, 1.807) is 0 Å². The topological polar surface area (TPSA) is 12.0 Å². The second-order valence-corrected chi connectivity index (χ2v) is 2.39. The zero-order chi connectivity index (χ0) is 7.11. The van der Waals surface area contributed by atoms with Crippen molar-refractivity contribution in [1.82, 2.24) is 5.32 Å². The monoisotopic (exact) mass is 128 g/mol. The normalized spacial score (nSPS) is 13.7. The van der Waals surface area contributed by atoms with E-state index in [2.05, 4.69) is 32.5 Å². The van der Waals surface area contributed by atoms with E-state index < -0.39 is 0 Å². The summed E-state index contributed by atoms with van der Waals surface area (Å²) in [5, 5.41) is 3.38. The molecule has 0 rings (SSSR count). The van der Waals surface area contributed by atoms with Crippen LogP contribution in [0.15, 0.2) is 0 Å². The van der Waals surface area contributed by atoms with Crippen LogP contribution in [0.1, 0.15) is 33.6 Å². The molecule has 0 spiro atoms. The van der Waals surface area contributed by atoms with Gasteiger partial charge < -0.3 is 5.32 Å². The van der Waals surface area contributed by atoms with E-state index in [4.69, 9.17) is 0 Å². The third kappa shape index (κ3) is 5.84. The van der Waals surface area contributed by atoms with Crippen molar-refractivity contribution >= 4 is 0 Å². The van der Waals surface area contributed by atoms with Gasteiger partial charge in [-0.3, -0.25) is 0 Å². The van der Waals surface area contributed by atoms with Crippen molar-refractivity contribution in [1.29, 1.82) is 0 Å². The Labute approximate surface area is 58.8 Å². The Morgan fingerprint density at radius 3 is 2.56 bits per heavy atom. The molecule has 0 aliphatic heterocycles. The van der Waals surface area contributed by atoms with E-state index >= 15 is 0 Å². The minimum absolute atomic E-state index is 0.593. The van der Waals surface area contributed by atoms with E-state index in [9.17, 15) is 0 Å². The van der Waals surface area contributed by atoms with Crippen LogP contribution < -0.4 is 5.32 Å². The minimum Gasteiger partial charge on any atom is -0.314 e. The van der Waals surface area contributed by atoms with Crippen molar-refractivity contribution in [3.8, 4) is 0 Å². The first-order chi connectivity index (χ1) is 4.31. The van der Waals surface area contributed by atoms with Crippen LogP contribution in [-0.2, 0) is 0 Å². The molecule has 0 aliphatic rings. The van der Waals surface area contributed by atoms with Gasteiger partial charge in [-0.1, -0.05) is 20.3 Å². The van der Waals surface area contributed by atoms with Gasteiger partial charge in [-0.25, -0.2) is 0 Å². The van der Waals surface area contributed by atoms with E-state index in [-0.39, 0.29) is 0 Å². The summed E-state index contributed by atoms with van der Waals surface area (Å²) in [6.07, 6.45) is 4.68. The fourth-order valence-corrected chi connectivity index (χ4v) is 0.809. The average Bonchev–Trinajstić information content (AvgIpc) is 1.85. The molecule has 0 amide bonds. The highest BCUT2D eigenvalue weighted by Crippen LogP contribution is 1.91. The first kappa shape index (κ1) is 8.96. The average molecular weight is 128 g/mol. The summed E-state index contributed by atoms with van der Waals surface area (Å²) in [5.41, 5.74) is 0. The predicted octanol–water partition coefficient (Wildman–Crippen LogP) is 1.99. The smallest absolute Gasteiger partial charge is 0.00701 e. The van der Waals surface area contributed by atoms with Gasteiger partial charge in [-0.15, -0.1) is 0 Å². The van der Waals surface area contributed by atoms with Crippen molar-refractivity contribution in [2.45, 2.75) is 39.7 Å². The maximum Gasteiger partial charge on any atom is 0.00701 e. The molecule has 1 heteroatoms. The Bertz CT molecular complexity index is 52.5. The van der Waals surface area contributed by atoms with Crippen molar-refractivity contribution < 1.29 is 0 Å². The Morgan fingerprint density at radius 2 is 2.11 bits per heavy atom. The lowest BCUT2D eigenvalue weighted by Gasteiger charge is -2.10. The van der Waals surface area contributed by atoms with Gasteiger partial charge in [-0.05, 0) is 26.3 Å². The SMILES string of the molecule is CC[CH]C(C)NCCC. The highest BCUT2D eigenvalue weighted by Gasteiger charge is 1.95. The first-order valence-corrected chi connectivity index (χ1v) is 3.88. The molecule has 1 N–H and O–H groups in total. The lowest BCUT2D eigenvalue weighted by atomic mass is 10.2. The third-order valence-corrected chi connectivity index (χ3v) is 1.31. The highest BCUT2D eigenvalue weighted by atomic mass is 14.9. The molecule has 55 valence electrons. The quantitative estimate of drug-likeness (QED) is 0.597. The molecule has 0 aromatic rings. The molecular weight excluding hydrogens is 110 g/mol. The largest absolute Gasteiger partial charge is 0.314 e.